The van der Waals surface area contributed by atoms with Crippen molar-refractivity contribution in [2.45, 2.75) is 35.9 Å². The Morgan fingerprint density at radius 2 is 1.03 bits per heavy atom. The van der Waals surface area contributed by atoms with Gasteiger partial charge in [0, 0.05) is 11.1 Å². The predicted octanol–water partition coefficient (Wildman–Crippen LogP) is 4.81. The van der Waals surface area contributed by atoms with Gasteiger partial charge in [-0.05, 0) is 0 Å². The average molecular weight is 500 g/mol. The first-order valence-electron chi connectivity index (χ1n) is 7.16. The zero-order valence-electron chi connectivity index (χ0n) is 14.2. The Kier molecular flexibility index (Phi) is 6.58. The minimum absolute atomic E-state index is 0.445. The van der Waals surface area contributed by atoms with Gasteiger partial charge in [0.15, 0.2) is 0 Å². The minimum Gasteiger partial charge on any atom is -0.369 e. The molecule has 0 aliphatic rings. The lowest BCUT2D eigenvalue weighted by Gasteiger charge is -2.37. The summed E-state index contributed by atoms with van der Waals surface area (Å²) in [6.45, 7) is 2.44. The Balaban J connectivity index is 3.90. The number of benzene rings is 1. The zero-order chi connectivity index (χ0) is 24.9. The fraction of sp³-hybridized carbons (Fsp3) is 0.429. The molecular formula is C14H8F12O4S. The van der Waals surface area contributed by atoms with Crippen LogP contribution in [0.2, 0.25) is 0 Å². The third-order valence-electron chi connectivity index (χ3n) is 3.77. The lowest BCUT2D eigenvalue weighted by molar-refractivity contribution is -0.376. The SMILES string of the molecule is C=CS(=O)(=O)OC(c1ccc(C(O)(C(F)(F)F)C(F)(F)F)cc1)(C(F)(F)F)C(F)(F)F. The predicted molar refractivity (Wildman–Crippen MR) is 76.4 cm³/mol. The summed E-state index contributed by atoms with van der Waals surface area (Å²) < 4.78 is 183. The van der Waals surface area contributed by atoms with Gasteiger partial charge in [0.25, 0.3) is 15.7 Å². The van der Waals surface area contributed by atoms with E-state index in [-0.39, 0.29) is 0 Å². The quantitative estimate of drug-likeness (QED) is 0.466. The highest BCUT2D eigenvalue weighted by molar-refractivity contribution is 7.89. The fourth-order valence-corrected chi connectivity index (χ4v) is 2.97. The molecule has 4 nitrogen and oxygen atoms in total. The molecule has 0 aliphatic carbocycles. The van der Waals surface area contributed by atoms with Crippen LogP contribution in [0.1, 0.15) is 11.1 Å². The number of halogens is 12. The van der Waals surface area contributed by atoms with E-state index in [1.54, 1.807) is 0 Å². The molecule has 0 aliphatic heterocycles. The molecule has 0 spiro atoms. The van der Waals surface area contributed by atoms with Crippen molar-refractivity contribution in [2.24, 2.45) is 0 Å². The Morgan fingerprint density at radius 3 is 1.29 bits per heavy atom. The molecule has 0 heterocycles. The summed E-state index contributed by atoms with van der Waals surface area (Å²) in [7, 11) is -5.76. The van der Waals surface area contributed by atoms with Crippen LogP contribution >= 0.6 is 0 Å². The summed E-state index contributed by atoms with van der Waals surface area (Å²) >= 11 is 0. The minimum atomic E-state index is -6.63. The monoisotopic (exact) mass is 500 g/mol. The van der Waals surface area contributed by atoms with Crippen molar-refractivity contribution in [1.82, 2.24) is 0 Å². The third-order valence-corrected chi connectivity index (χ3v) is 4.66. The molecular weight excluding hydrogens is 492 g/mol. The molecule has 1 aromatic carbocycles. The van der Waals surface area contributed by atoms with E-state index >= 15 is 0 Å². The van der Waals surface area contributed by atoms with Gasteiger partial charge < -0.3 is 5.11 Å². The molecule has 0 bridgehead atoms. The normalized spacial score (nSPS) is 15.1. The summed E-state index contributed by atoms with van der Waals surface area (Å²) in [5.41, 5.74) is -15.8. The molecule has 0 unspecified atom stereocenters. The van der Waals surface area contributed by atoms with Crippen LogP contribution in [0.15, 0.2) is 36.3 Å². The average Bonchev–Trinajstić information content (AvgIpc) is 2.55. The highest BCUT2D eigenvalue weighted by Gasteiger charge is 2.76. The maximum absolute atomic E-state index is 13.4. The van der Waals surface area contributed by atoms with Crippen molar-refractivity contribution in [2.75, 3.05) is 0 Å². The number of alkyl halides is 12. The second-order valence-electron chi connectivity index (χ2n) is 5.70. The van der Waals surface area contributed by atoms with Crippen molar-refractivity contribution in [1.29, 1.82) is 0 Å². The van der Waals surface area contributed by atoms with Gasteiger partial charge in [-0.15, -0.1) is 0 Å². The highest BCUT2D eigenvalue weighted by Crippen LogP contribution is 2.55. The summed E-state index contributed by atoms with van der Waals surface area (Å²) in [6, 6.07) is -2.16. The van der Waals surface area contributed by atoms with Crippen molar-refractivity contribution in [3.05, 3.63) is 47.4 Å². The summed E-state index contributed by atoms with van der Waals surface area (Å²) in [6.07, 6.45) is -26.2. The smallest absolute Gasteiger partial charge is 0.369 e. The number of hydrogen-bond acceptors (Lipinski definition) is 4. The molecule has 0 fully saturated rings. The van der Waals surface area contributed by atoms with Gasteiger partial charge in [-0.25, -0.2) is 4.18 Å². The van der Waals surface area contributed by atoms with E-state index in [0.29, 0.717) is 0 Å². The second-order valence-corrected chi connectivity index (χ2v) is 7.19. The van der Waals surface area contributed by atoms with Gasteiger partial charge in [-0.3, -0.25) is 0 Å². The second kappa shape index (κ2) is 7.54. The largest absolute Gasteiger partial charge is 0.432 e. The van der Waals surface area contributed by atoms with Crippen LogP contribution in [0.5, 0.6) is 0 Å². The molecule has 1 rings (SSSR count). The van der Waals surface area contributed by atoms with E-state index in [1.807, 2.05) is 0 Å². The van der Waals surface area contributed by atoms with Crippen LogP contribution < -0.4 is 0 Å². The Morgan fingerprint density at radius 1 is 0.710 bits per heavy atom. The maximum Gasteiger partial charge on any atom is 0.432 e. The maximum atomic E-state index is 13.4. The van der Waals surface area contributed by atoms with E-state index in [2.05, 4.69) is 10.8 Å². The third kappa shape index (κ3) is 4.48. The number of aliphatic hydroxyl groups is 1. The van der Waals surface area contributed by atoms with Crippen LogP contribution in [0.25, 0.3) is 0 Å². The number of rotatable bonds is 5. The topological polar surface area (TPSA) is 63.6 Å². The Bertz CT molecular complexity index is 879. The molecule has 31 heavy (non-hydrogen) atoms. The van der Waals surface area contributed by atoms with E-state index in [0.717, 1.165) is 0 Å². The van der Waals surface area contributed by atoms with Crippen LogP contribution in [-0.2, 0) is 25.5 Å². The summed E-state index contributed by atoms with van der Waals surface area (Å²) in [4.78, 5) is 0. The molecule has 0 aromatic heterocycles. The van der Waals surface area contributed by atoms with Gasteiger partial charge in [-0.2, -0.15) is 61.1 Å². The lowest BCUT2D eigenvalue weighted by atomic mass is 9.87. The van der Waals surface area contributed by atoms with Crippen LogP contribution in [0, 0.1) is 0 Å². The molecule has 178 valence electrons. The Labute approximate surface area is 164 Å². The van der Waals surface area contributed by atoms with Crippen molar-refractivity contribution < 1.29 is 70.4 Å². The van der Waals surface area contributed by atoms with Gasteiger partial charge in [0.2, 0.25) is 0 Å². The molecule has 0 amide bonds. The fourth-order valence-electron chi connectivity index (χ4n) is 2.27. The van der Waals surface area contributed by atoms with E-state index in [9.17, 15) is 61.1 Å². The standard InChI is InChI=1S/C14H8F12O4S/c1-2-31(28,29)30-10(13(21,22)23,14(24,25)26)8-5-3-7(4-6-8)9(27,11(15,16)17)12(18,19)20/h2-6,27H,1H2. The van der Waals surface area contributed by atoms with Crippen molar-refractivity contribution in [3.8, 4) is 0 Å². The van der Waals surface area contributed by atoms with Gasteiger partial charge in [-0.1, -0.05) is 30.8 Å². The van der Waals surface area contributed by atoms with Crippen LogP contribution in [0.4, 0.5) is 52.7 Å². The first-order valence-corrected chi connectivity index (χ1v) is 8.63. The lowest BCUT2D eigenvalue weighted by Crippen LogP contribution is -2.57. The van der Waals surface area contributed by atoms with E-state index < -0.39 is 86.8 Å². The first kappa shape index (κ1) is 27.0. The van der Waals surface area contributed by atoms with Gasteiger partial charge in [0.05, 0.1) is 5.41 Å². The zero-order valence-corrected chi connectivity index (χ0v) is 15.0. The van der Waals surface area contributed by atoms with E-state index in [1.165, 1.54) is 0 Å². The molecule has 0 saturated heterocycles. The molecule has 1 aromatic rings. The summed E-state index contributed by atoms with van der Waals surface area (Å²) in [5, 5.41) is 8.71. The van der Waals surface area contributed by atoms with Gasteiger partial charge >= 0.3 is 30.3 Å². The molecule has 0 saturated carbocycles. The molecule has 17 heteroatoms. The van der Waals surface area contributed by atoms with Gasteiger partial charge in [0.1, 0.15) is 0 Å². The van der Waals surface area contributed by atoms with E-state index in [4.69, 9.17) is 5.11 Å². The molecule has 0 atom stereocenters. The number of hydrogen-bond donors (Lipinski definition) is 1. The molecule has 0 radical (unpaired) electrons. The highest BCUT2D eigenvalue weighted by atomic mass is 32.2. The Hall–Kier alpha value is -2.01. The first-order chi connectivity index (χ1) is 13.5. The molecule has 1 N–H and O–H groups in total. The van der Waals surface area contributed by atoms with Crippen molar-refractivity contribution >= 4 is 10.1 Å². The summed E-state index contributed by atoms with van der Waals surface area (Å²) in [5.74, 6) is 0. The van der Waals surface area contributed by atoms with Crippen LogP contribution in [0.3, 0.4) is 0 Å². The van der Waals surface area contributed by atoms with Crippen molar-refractivity contribution in [3.63, 3.8) is 0 Å². The van der Waals surface area contributed by atoms with Crippen LogP contribution in [-0.4, -0.2) is 38.2 Å².